The minimum atomic E-state index is -3.38. The van der Waals surface area contributed by atoms with Crippen LogP contribution in [0, 0.1) is 11.3 Å². The normalized spacial score (nSPS) is 13.3. The zero-order valence-electron chi connectivity index (χ0n) is 19.1. The van der Waals surface area contributed by atoms with Crippen LogP contribution in [0.1, 0.15) is 18.6 Å². The molecule has 1 N–H and O–H groups in total. The Balaban J connectivity index is 0.000000198. The van der Waals surface area contributed by atoms with Crippen LogP contribution in [0.25, 0.3) is 22.1 Å². The van der Waals surface area contributed by atoms with Crippen LogP contribution in [0.15, 0.2) is 54.0 Å². The van der Waals surface area contributed by atoms with E-state index in [1.54, 1.807) is 24.5 Å². The summed E-state index contributed by atoms with van der Waals surface area (Å²) < 4.78 is 48.9. The van der Waals surface area contributed by atoms with Crippen molar-refractivity contribution >= 4 is 47.9 Å². The first-order valence-corrected chi connectivity index (χ1v) is 14.2. The Morgan fingerprint density at radius 2 is 1.47 bits per heavy atom. The molecule has 0 amide bonds. The molecular weight excluding hydrogens is 502 g/mol. The van der Waals surface area contributed by atoms with Crippen LogP contribution in [0.3, 0.4) is 0 Å². The molecule has 0 spiro atoms. The maximum absolute atomic E-state index is 11.8. The van der Waals surface area contributed by atoms with E-state index in [1.807, 2.05) is 18.2 Å². The molecule has 0 unspecified atom stereocenters. The van der Waals surface area contributed by atoms with Crippen molar-refractivity contribution in [1.82, 2.24) is 23.2 Å². The highest BCUT2D eigenvalue weighted by Crippen LogP contribution is 2.22. The Morgan fingerprint density at radius 3 is 1.94 bits per heavy atom. The van der Waals surface area contributed by atoms with E-state index in [9.17, 15) is 16.8 Å². The lowest BCUT2D eigenvalue weighted by Gasteiger charge is -2.00. The Labute approximate surface area is 210 Å². The van der Waals surface area contributed by atoms with Gasteiger partial charge >= 0.3 is 0 Å². The van der Waals surface area contributed by atoms with Crippen LogP contribution in [-0.4, -0.2) is 66.2 Å². The molecule has 0 aliphatic carbocycles. The van der Waals surface area contributed by atoms with Crippen molar-refractivity contribution in [2.75, 3.05) is 25.6 Å². The van der Waals surface area contributed by atoms with Crippen molar-refractivity contribution in [3.8, 4) is 6.07 Å². The summed E-state index contributed by atoms with van der Waals surface area (Å²) in [5.41, 5.74) is 2.44. The molecule has 5 heterocycles. The number of rotatable bonds is 5. The minimum Gasteiger partial charge on any atom is -0.372 e. The first kappa shape index (κ1) is 26.8. The Hall–Kier alpha value is -3.76. The quantitative estimate of drug-likeness (QED) is 0.412. The summed E-state index contributed by atoms with van der Waals surface area (Å²) in [4.78, 5) is 12.5. The molecule has 0 bridgehead atoms. The fraction of sp³-hybridized carbons (Fsp3) is 0.304. The van der Waals surface area contributed by atoms with Gasteiger partial charge in [-0.3, -0.25) is 4.99 Å². The summed E-state index contributed by atoms with van der Waals surface area (Å²) >= 11 is 0. The van der Waals surface area contributed by atoms with Gasteiger partial charge in [-0.1, -0.05) is 7.43 Å². The average Bonchev–Trinajstić information content (AvgIpc) is 3.53. The van der Waals surface area contributed by atoms with Gasteiger partial charge in [0.05, 0.1) is 31.5 Å². The highest BCUT2D eigenvalue weighted by molar-refractivity contribution is 7.89. The van der Waals surface area contributed by atoms with E-state index < -0.39 is 20.0 Å². The Bertz CT molecular complexity index is 1700. The summed E-state index contributed by atoms with van der Waals surface area (Å²) in [6.07, 6.45) is 9.27. The molecule has 1 aliphatic heterocycles. The lowest BCUT2D eigenvalue weighted by atomic mass is 10.1. The van der Waals surface area contributed by atoms with Gasteiger partial charge in [0.15, 0.2) is 11.3 Å². The smallest absolute Gasteiger partial charge is 0.237 e. The van der Waals surface area contributed by atoms with E-state index >= 15 is 0 Å². The highest BCUT2D eigenvalue weighted by Gasteiger charge is 2.18. The molecule has 4 aromatic heterocycles. The Kier molecular flexibility index (Phi) is 7.80. The summed E-state index contributed by atoms with van der Waals surface area (Å²) in [6, 6.07) is 9.18. The number of hydrogen-bond acceptors (Lipinski definition) is 9. The van der Waals surface area contributed by atoms with E-state index in [1.165, 1.54) is 22.6 Å². The van der Waals surface area contributed by atoms with E-state index in [4.69, 9.17) is 5.26 Å². The monoisotopic (exact) mass is 529 g/mol. The second-order valence-corrected chi connectivity index (χ2v) is 11.7. The van der Waals surface area contributed by atoms with Gasteiger partial charge in [0.2, 0.25) is 20.0 Å². The topological polar surface area (TPSA) is 152 Å². The van der Waals surface area contributed by atoms with Crippen LogP contribution in [-0.2, 0) is 32.9 Å². The highest BCUT2D eigenvalue weighted by atomic mass is 32.2. The van der Waals surface area contributed by atoms with Crippen molar-refractivity contribution in [3.63, 3.8) is 0 Å². The number of nitriles is 1. The van der Waals surface area contributed by atoms with Crippen LogP contribution in [0.5, 0.6) is 0 Å². The standard InChI is InChI=1S/C12H14N4O2S.C10H9N3O2S.CH4/c1-19(17,18)16-8-9(7-11-13-5-6-14-11)10-3-2-4-15-12(10)16;1-16(14,15)13-7-8(4-5-11)9-3-2-6-12-10(9)13;/h2-4,8H,5-7H2,1H3,(H,13,14);2-3,6-7H,4H2,1H3;1H4. The average molecular weight is 530 g/mol. The number of fused-ring (bicyclic) bond motifs is 2. The zero-order chi connectivity index (χ0) is 25.2. The van der Waals surface area contributed by atoms with Crippen LogP contribution in [0.2, 0.25) is 0 Å². The van der Waals surface area contributed by atoms with E-state index in [0.29, 0.717) is 28.7 Å². The lowest BCUT2D eigenvalue weighted by molar-refractivity contribution is 0.593. The molecule has 36 heavy (non-hydrogen) atoms. The number of nitrogens with one attached hydrogen (secondary N) is 1. The van der Waals surface area contributed by atoms with E-state index in [2.05, 4.69) is 20.3 Å². The molecule has 5 rings (SSSR count). The number of nitrogens with zero attached hydrogens (tertiary/aromatic N) is 6. The van der Waals surface area contributed by atoms with Crippen molar-refractivity contribution in [3.05, 3.63) is 60.2 Å². The summed E-state index contributed by atoms with van der Waals surface area (Å²) in [7, 11) is -6.73. The molecule has 11 nitrogen and oxygen atoms in total. The van der Waals surface area contributed by atoms with Crippen molar-refractivity contribution in [2.45, 2.75) is 20.3 Å². The minimum absolute atomic E-state index is 0. The molecule has 13 heteroatoms. The van der Waals surface area contributed by atoms with Gasteiger partial charge in [-0.25, -0.2) is 34.7 Å². The fourth-order valence-corrected chi connectivity index (χ4v) is 5.37. The van der Waals surface area contributed by atoms with Gasteiger partial charge in [-0.2, -0.15) is 5.26 Å². The summed E-state index contributed by atoms with van der Waals surface area (Å²) in [5, 5.41) is 13.4. The fourth-order valence-electron chi connectivity index (χ4n) is 3.81. The molecule has 190 valence electrons. The predicted molar refractivity (Wildman–Crippen MR) is 140 cm³/mol. The third kappa shape index (κ3) is 5.55. The van der Waals surface area contributed by atoms with Crippen LogP contribution >= 0.6 is 0 Å². The first-order valence-electron chi connectivity index (χ1n) is 10.5. The number of pyridine rings is 2. The first-order chi connectivity index (χ1) is 16.6. The molecule has 0 atom stereocenters. The molecular formula is C23H27N7O4S2. The summed E-state index contributed by atoms with van der Waals surface area (Å²) in [5.74, 6) is 0.899. The zero-order valence-corrected chi connectivity index (χ0v) is 20.7. The molecule has 0 fully saturated rings. The largest absolute Gasteiger partial charge is 0.372 e. The molecule has 0 saturated heterocycles. The van der Waals surface area contributed by atoms with Gasteiger partial charge in [0.25, 0.3) is 0 Å². The number of hydrogen-bond donors (Lipinski definition) is 1. The van der Waals surface area contributed by atoms with Crippen LogP contribution in [0.4, 0.5) is 0 Å². The number of aromatic nitrogens is 4. The molecule has 0 radical (unpaired) electrons. The molecule has 0 aromatic carbocycles. The molecule has 1 aliphatic rings. The lowest BCUT2D eigenvalue weighted by Crippen LogP contribution is -2.20. The Morgan fingerprint density at radius 1 is 0.944 bits per heavy atom. The number of amidine groups is 1. The predicted octanol–water partition coefficient (Wildman–Crippen LogP) is 1.93. The van der Waals surface area contributed by atoms with Crippen molar-refractivity contribution in [1.29, 1.82) is 5.26 Å². The maximum Gasteiger partial charge on any atom is 0.237 e. The molecule has 4 aromatic rings. The maximum atomic E-state index is 11.8. The third-order valence-corrected chi connectivity index (χ3v) is 7.30. The summed E-state index contributed by atoms with van der Waals surface area (Å²) in [6.45, 7) is 1.62. The van der Waals surface area contributed by atoms with Gasteiger partial charge < -0.3 is 5.32 Å². The number of aliphatic imine (C=N–C) groups is 1. The second-order valence-electron chi connectivity index (χ2n) is 7.94. The van der Waals surface area contributed by atoms with E-state index in [-0.39, 0.29) is 13.8 Å². The van der Waals surface area contributed by atoms with Crippen molar-refractivity contribution < 1.29 is 16.8 Å². The third-order valence-electron chi connectivity index (χ3n) is 5.31. The van der Waals surface area contributed by atoms with Gasteiger partial charge in [-0.05, 0) is 35.4 Å². The van der Waals surface area contributed by atoms with Crippen LogP contribution < -0.4 is 5.32 Å². The molecule has 0 saturated carbocycles. The second kappa shape index (κ2) is 10.5. The van der Waals surface area contributed by atoms with Gasteiger partial charge in [-0.15, -0.1) is 0 Å². The van der Waals surface area contributed by atoms with Crippen molar-refractivity contribution in [2.24, 2.45) is 4.99 Å². The van der Waals surface area contributed by atoms with Gasteiger partial charge in [0, 0.05) is 48.5 Å². The van der Waals surface area contributed by atoms with E-state index in [0.717, 1.165) is 40.1 Å². The van der Waals surface area contributed by atoms with Gasteiger partial charge in [0.1, 0.15) is 5.84 Å². The SMILES string of the molecule is C.CS(=O)(=O)n1cc(CC#N)c2cccnc21.CS(=O)(=O)n1cc(CC2=NCCN2)c2cccnc21.